The fourth-order valence-corrected chi connectivity index (χ4v) is 5.33. The average molecular weight is 447 g/mol. The van der Waals surface area contributed by atoms with Crippen molar-refractivity contribution in [2.45, 2.75) is 50.3 Å². The highest BCUT2D eigenvalue weighted by molar-refractivity contribution is 7.15. The van der Waals surface area contributed by atoms with Crippen LogP contribution < -0.4 is 0 Å². The maximum atomic E-state index is 13.2. The van der Waals surface area contributed by atoms with Crippen LogP contribution in [0.3, 0.4) is 0 Å². The van der Waals surface area contributed by atoms with Gasteiger partial charge in [-0.1, -0.05) is 35.4 Å². The molecule has 166 valence electrons. The number of rotatable bonds is 5. The van der Waals surface area contributed by atoms with Crippen molar-refractivity contribution in [3.63, 3.8) is 0 Å². The van der Waals surface area contributed by atoms with Crippen LogP contribution in [-0.4, -0.2) is 57.6 Å². The zero-order valence-electron chi connectivity index (χ0n) is 17.2. The highest BCUT2D eigenvalue weighted by atomic mass is 32.1. The van der Waals surface area contributed by atoms with Gasteiger partial charge in [0.05, 0.1) is 12.7 Å². The third-order valence-electron chi connectivity index (χ3n) is 6.16. The lowest BCUT2D eigenvalue weighted by Crippen LogP contribution is -2.60. The molecule has 2 aromatic rings. The van der Waals surface area contributed by atoms with Crippen molar-refractivity contribution in [2.75, 3.05) is 6.61 Å². The lowest BCUT2D eigenvalue weighted by atomic mass is 9.80. The molecule has 5 nitrogen and oxygen atoms in total. The predicted molar refractivity (Wildman–Crippen MR) is 117 cm³/mol. The molecule has 1 aromatic heterocycles. The number of ether oxygens (including phenoxy) is 1. The Morgan fingerprint density at radius 1 is 1.03 bits per heavy atom. The smallest absolute Gasteiger partial charge is 0.123 e. The van der Waals surface area contributed by atoms with E-state index in [1.54, 1.807) is 23.5 Å². The molecule has 0 spiro atoms. The van der Waals surface area contributed by atoms with Gasteiger partial charge in [0.15, 0.2) is 0 Å². The van der Waals surface area contributed by atoms with Crippen molar-refractivity contribution in [1.82, 2.24) is 0 Å². The first-order valence-electron chi connectivity index (χ1n) is 10.4. The van der Waals surface area contributed by atoms with Crippen LogP contribution in [0.25, 0.3) is 10.4 Å². The fourth-order valence-electron chi connectivity index (χ4n) is 4.27. The van der Waals surface area contributed by atoms with Crippen LogP contribution in [0.5, 0.6) is 0 Å². The van der Waals surface area contributed by atoms with Gasteiger partial charge < -0.3 is 25.2 Å². The summed E-state index contributed by atoms with van der Waals surface area (Å²) in [6, 6.07) is 10.6. The van der Waals surface area contributed by atoms with Gasteiger partial charge >= 0.3 is 0 Å². The number of benzene rings is 1. The lowest BCUT2D eigenvalue weighted by molar-refractivity contribution is -0.237. The van der Waals surface area contributed by atoms with E-state index >= 15 is 0 Å². The molecule has 1 fully saturated rings. The molecule has 0 saturated carbocycles. The van der Waals surface area contributed by atoms with Crippen LogP contribution in [0, 0.1) is 11.7 Å². The third kappa shape index (κ3) is 4.67. The van der Waals surface area contributed by atoms with Gasteiger partial charge in [-0.3, -0.25) is 0 Å². The Kier molecular flexibility index (Phi) is 6.71. The fraction of sp³-hybridized carbons (Fsp3) is 0.417. The van der Waals surface area contributed by atoms with E-state index in [1.165, 1.54) is 22.6 Å². The van der Waals surface area contributed by atoms with Gasteiger partial charge in [-0.15, -0.1) is 11.3 Å². The molecule has 2 aliphatic rings. The van der Waals surface area contributed by atoms with Gasteiger partial charge in [-0.05, 0) is 43.2 Å². The highest BCUT2D eigenvalue weighted by Crippen LogP contribution is 2.36. The van der Waals surface area contributed by atoms with E-state index in [2.05, 4.69) is 6.07 Å². The zero-order valence-corrected chi connectivity index (χ0v) is 18.0. The predicted octanol–water partition coefficient (Wildman–Crippen LogP) is 2.83. The standard InChI is InChI=1S/C24H27FO5S/c1-13-2-3-15(24-23(29)22(28)21(27)19(12-26)30-24)10-16(13)11-18-8-9-20(31-18)14-4-6-17(25)7-5-14/h2-9,15,19,21-24,26-29H,10-12H2,1H3. The van der Waals surface area contributed by atoms with Gasteiger partial charge in [0.2, 0.25) is 0 Å². The Labute approximate surface area is 184 Å². The van der Waals surface area contributed by atoms with E-state index in [0.29, 0.717) is 6.42 Å². The van der Waals surface area contributed by atoms with Crippen molar-refractivity contribution in [2.24, 2.45) is 5.92 Å². The Bertz CT molecular complexity index is 965. The molecule has 0 amide bonds. The molecule has 31 heavy (non-hydrogen) atoms. The topological polar surface area (TPSA) is 90.2 Å². The van der Waals surface area contributed by atoms with Crippen molar-refractivity contribution in [1.29, 1.82) is 0 Å². The SMILES string of the molecule is CC1=C(Cc2ccc(-c3ccc(F)cc3)s2)CC(C2OC(CO)C(O)C(O)C2O)C=C1. The summed E-state index contributed by atoms with van der Waals surface area (Å²) in [7, 11) is 0. The first kappa shape index (κ1) is 22.3. The molecule has 1 aliphatic carbocycles. The second-order valence-corrected chi connectivity index (χ2v) is 9.43. The quantitative estimate of drug-likeness (QED) is 0.567. The van der Waals surface area contributed by atoms with E-state index in [-0.39, 0.29) is 11.7 Å². The van der Waals surface area contributed by atoms with Crippen LogP contribution in [0.15, 0.2) is 59.7 Å². The minimum absolute atomic E-state index is 0.179. The van der Waals surface area contributed by atoms with Gasteiger partial charge in [0, 0.05) is 22.1 Å². The number of aliphatic hydroxyl groups is 4. The molecule has 1 aromatic carbocycles. The molecule has 1 aliphatic heterocycles. The molecule has 2 heterocycles. The number of aliphatic hydroxyl groups excluding tert-OH is 4. The van der Waals surface area contributed by atoms with Crippen LogP contribution in [0.2, 0.25) is 0 Å². The second-order valence-electron chi connectivity index (χ2n) is 8.26. The van der Waals surface area contributed by atoms with Gasteiger partial charge in [0.25, 0.3) is 0 Å². The summed E-state index contributed by atoms with van der Waals surface area (Å²) < 4.78 is 19.0. The van der Waals surface area contributed by atoms with E-state index in [0.717, 1.165) is 22.4 Å². The maximum Gasteiger partial charge on any atom is 0.123 e. The third-order valence-corrected chi connectivity index (χ3v) is 7.30. The maximum absolute atomic E-state index is 13.2. The minimum atomic E-state index is -1.37. The highest BCUT2D eigenvalue weighted by Gasteiger charge is 2.46. The van der Waals surface area contributed by atoms with Crippen LogP contribution in [-0.2, 0) is 11.2 Å². The molecule has 4 N–H and O–H groups in total. The molecular formula is C24H27FO5S. The molecule has 0 bridgehead atoms. The monoisotopic (exact) mass is 446 g/mol. The number of halogens is 1. The molecular weight excluding hydrogens is 419 g/mol. The first-order chi connectivity index (χ1) is 14.9. The summed E-state index contributed by atoms with van der Waals surface area (Å²) in [6.07, 6.45) is -0.213. The van der Waals surface area contributed by atoms with Crippen LogP contribution in [0.1, 0.15) is 18.2 Å². The number of allylic oxidation sites excluding steroid dienone is 3. The largest absolute Gasteiger partial charge is 0.394 e. The second kappa shape index (κ2) is 9.32. The number of hydrogen-bond donors (Lipinski definition) is 4. The Balaban J connectivity index is 1.48. The Morgan fingerprint density at radius 3 is 2.48 bits per heavy atom. The molecule has 4 rings (SSSR count). The van der Waals surface area contributed by atoms with E-state index < -0.39 is 37.1 Å². The van der Waals surface area contributed by atoms with E-state index in [4.69, 9.17) is 4.74 Å². The van der Waals surface area contributed by atoms with Crippen molar-refractivity contribution in [3.05, 3.63) is 70.4 Å². The van der Waals surface area contributed by atoms with Crippen molar-refractivity contribution >= 4 is 11.3 Å². The Morgan fingerprint density at radius 2 is 1.77 bits per heavy atom. The minimum Gasteiger partial charge on any atom is -0.394 e. The molecule has 0 radical (unpaired) electrons. The first-order valence-corrected chi connectivity index (χ1v) is 11.2. The summed E-state index contributed by atoms with van der Waals surface area (Å²) in [5, 5.41) is 40.1. The average Bonchev–Trinajstić information content (AvgIpc) is 3.23. The normalized spacial score (nSPS) is 31.3. The molecule has 7 heteroatoms. The van der Waals surface area contributed by atoms with Gasteiger partial charge in [-0.2, -0.15) is 0 Å². The molecule has 1 saturated heterocycles. The van der Waals surface area contributed by atoms with Crippen molar-refractivity contribution < 1.29 is 29.6 Å². The summed E-state index contributed by atoms with van der Waals surface area (Å²) >= 11 is 1.66. The summed E-state index contributed by atoms with van der Waals surface area (Å²) in [5.74, 6) is -0.434. The van der Waals surface area contributed by atoms with E-state index in [9.17, 15) is 24.8 Å². The zero-order chi connectivity index (χ0) is 22.1. The number of hydrogen-bond acceptors (Lipinski definition) is 6. The molecule has 6 unspecified atom stereocenters. The van der Waals surface area contributed by atoms with Crippen molar-refractivity contribution in [3.8, 4) is 10.4 Å². The molecule has 6 atom stereocenters. The number of thiophene rings is 1. The summed E-state index contributed by atoms with van der Waals surface area (Å²) in [4.78, 5) is 2.25. The van der Waals surface area contributed by atoms with Crippen LogP contribution >= 0.6 is 11.3 Å². The Hall–Kier alpha value is -1.87. The summed E-state index contributed by atoms with van der Waals surface area (Å²) in [6.45, 7) is 1.62. The van der Waals surface area contributed by atoms with E-state index in [1.807, 2.05) is 25.1 Å². The van der Waals surface area contributed by atoms with Crippen LogP contribution in [0.4, 0.5) is 4.39 Å². The summed E-state index contributed by atoms with van der Waals surface area (Å²) in [5.41, 5.74) is 3.33. The van der Waals surface area contributed by atoms with Gasteiger partial charge in [0.1, 0.15) is 30.2 Å². The lowest BCUT2D eigenvalue weighted by Gasteiger charge is -2.43. The van der Waals surface area contributed by atoms with Gasteiger partial charge in [-0.25, -0.2) is 4.39 Å².